The zero-order chi connectivity index (χ0) is 13.4. The van der Waals surface area contributed by atoms with Crippen LogP contribution in [0.15, 0.2) is 41.4 Å². The lowest BCUT2D eigenvalue weighted by atomic mass is 10.1. The molecule has 0 aliphatic heterocycles. The molecule has 0 aliphatic carbocycles. The Morgan fingerprint density at radius 1 is 1.26 bits per heavy atom. The smallest absolute Gasteiger partial charge is 0.138 e. The second kappa shape index (κ2) is 4.51. The summed E-state index contributed by atoms with van der Waals surface area (Å²) in [7, 11) is 1.82. The number of nitrogen functional groups attached to an aromatic ring is 1. The molecule has 0 unspecified atom stereocenters. The SMILES string of the molecule is Cn1nc(-c2ccc(-n3cncn3)c(Br)c2)cc1N. The Labute approximate surface area is 118 Å². The molecule has 96 valence electrons. The van der Waals surface area contributed by atoms with E-state index in [9.17, 15) is 0 Å². The van der Waals surface area contributed by atoms with Gasteiger partial charge in [-0.1, -0.05) is 6.07 Å². The Bertz CT molecular complexity index is 696. The fourth-order valence-corrected chi connectivity index (χ4v) is 2.37. The normalized spacial score (nSPS) is 10.8. The zero-order valence-electron chi connectivity index (χ0n) is 10.2. The van der Waals surface area contributed by atoms with Gasteiger partial charge >= 0.3 is 0 Å². The third kappa shape index (κ3) is 2.12. The van der Waals surface area contributed by atoms with Crippen molar-refractivity contribution in [3.8, 4) is 16.9 Å². The van der Waals surface area contributed by atoms with E-state index < -0.39 is 0 Å². The van der Waals surface area contributed by atoms with Crippen LogP contribution in [-0.4, -0.2) is 24.5 Å². The van der Waals surface area contributed by atoms with Crippen LogP contribution in [0.3, 0.4) is 0 Å². The molecule has 1 aromatic carbocycles. The Hall–Kier alpha value is -2.15. The van der Waals surface area contributed by atoms with E-state index in [4.69, 9.17) is 5.73 Å². The second-order valence-corrected chi connectivity index (χ2v) is 4.94. The Morgan fingerprint density at radius 2 is 2.11 bits per heavy atom. The molecule has 2 aromatic heterocycles. The average molecular weight is 319 g/mol. The fraction of sp³-hybridized carbons (Fsp3) is 0.0833. The number of halogens is 1. The summed E-state index contributed by atoms with van der Waals surface area (Å²) in [4.78, 5) is 3.93. The summed E-state index contributed by atoms with van der Waals surface area (Å²) in [6.45, 7) is 0. The first-order valence-electron chi connectivity index (χ1n) is 5.59. The number of nitrogens with two attached hydrogens (primary N) is 1. The van der Waals surface area contributed by atoms with Crippen molar-refractivity contribution in [1.29, 1.82) is 0 Å². The van der Waals surface area contributed by atoms with E-state index in [0.29, 0.717) is 5.82 Å². The minimum Gasteiger partial charge on any atom is -0.384 e. The van der Waals surface area contributed by atoms with Gasteiger partial charge in [-0.3, -0.25) is 4.68 Å². The van der Waals surface area contributed by atoms with Gasteiger partial charge in [0.25, 0.3) is 0 Å². The highest BCUT2D eigenvalue weighted by molar-refractivity contribution is 9.10. The molecular formula is C12H11BrN6. The molecule has 0 amide bonds. The van der Waals surface area contributed by atoms with Crippen molar-refractivity contribution in [2.45, 2.75) is 0 Å². The van der Waals surface area contributed by atoms with Crippen LogP contribution >= 0.6 is 15.9 Å². The molecule has 0 spiro atoms. The number of benzene rings is 1. The zero-order valence-corrected chi connectivity index (χ0v) is 11.7. The van der Waals surface area contributed by atoms with Crippen molar-refractivity contribution in [3.05, 3.63) is 41.4 Å². The Kier molecular flexibility index (Phi) is 2.83. The summed E-state index contributed by atoms with van der Waals surface area (Å²) in [5.41, 5.74) is 8.54. The van der Waals surface area contributed by atoms with Crippen LogP contribution in [-0.2, 0) is 7.05 Å². The van der Waals surface area contributed by atoms with Crippen LogP contribution in [0.2, 0.25) is 0 Å². The predicted octanol–water partition coefficient (Wildman–Crippen LogP) is 2.01. The number of hydrogen-bond acceptors (Lipinski definition) is 4. The molecule has 0 radical (unpaired) electrons. The maximum absolute atomic E-state index is 5.79. The molecule has 6 nitrogen and oxygen atoms in total. The molecule has 2 heterocycles. The van der Waals surface area contributed by atoms with Gasteiger partial charge in [-0.15, -0.1) is 0 Å². The quantitative estimate of drug-likeness (QED) is 0.784. The number of rotatable bonds is 2. The molecular weight excluding hydrogens is 308 g/mol. The number of aromatic nitrogens is 5. The van der Waals surface area contributed by atoms with Crippen LogP contribution < -0.4 is 5.73 Å². The standard InChI is InChI=1S/C12H11BrN6/c1-18-12(14)5-10(17-18)8-2-3-11(9(13)4-8)19-7-15-6-16-19/h2-7H,14H2,1H3. The third-order valence-corrected chi connectivity index (χ3v) is 3.46. The molecule has 0 bridgehead atoms. The van der Waals surface area contributed by atoms with Gasteiger partial charge in [-0.25, -0.2) is 9.67 Å². The van der Waals surface area contributed by atoms with Crippen molar-refractivity contribution in [2.75, 3.05) is 5.73 Å². The Balaban J connectivity index is 2.04. The number of hydrogen-bond donors (Lipinski definition) is 1. The lowest BCUT2D eigenvalue weighted by Gasteiger charge is -2.05. The van der Waals surface area contributed by atoms with Gasteiger partial charge in [-0.05, 0) is 28.1 Å². The third-order valence-electron chi connectivity index (χ3n) is 2.83. The molecule has 3 aromatic rings. The van der Waals surface area contributed by atoms with Crippen LogP contribution in [0.4, 0.5) is 5.82 Å². The number of aryl methyl sites for hydroxylation is 1. The highest BCUT2D eigenvalue weighted by atomic mass is 79.9. The van der Waals surface area contributed by atoms with Crippen LogP contribution in [0.5, 0.6) is 0 Å². The summed E-state index contributed by atoms with van der Waals surface area (Å²) in [5.74, 6) is 0.631. The van der Waals surface area contributed by atoms with Crippen molar-refractivity contribution in [3.63, 3.8) is 0 Å². The molecule has 19 heavy (non-hydrogen) atoms. The highest BCUT2D eigenvalue weighted by Gasteiger charge is 2.09. The van der Waals surface area contributed by atoms with E-state index in [0.717, 1.165) is 21.4 Å². The van der Waals surface area contributed by atoms with Gasteiger partial charge in [0.1, 0.15) is 18.5 Å². The van der Waals surface area contributed by atoms with Crippen molar-refractivity contribution >= 4 is 21.7 Å². The predicted molar refractivity (Wildman–Crippen MR) is 75.7 cm³/mol. The van der Waals surface area contributed by atoms with Crippen molar-refractivity contribution < 1.29 is 0 Å². The summed E-state index contributed by atoms with van der Waals surface area (Å²) >= 11 is 3.54. The maximum Gasteiger partial charge on any atom is 0.138 e. The Morgan fingerprint density at radius 3 is 2.68 bits per heavy atom. The lowest BCUT2D eigenvalue weighted by molar-refractivity contribution is 0.782. The van der Waals surface area contributed by atoms with Gasteiger partial charge in [0.15, 0.2) is 0 Å². The topological polar surface area (TPSA) is 74.5 Å². The van der Waals surface area contributed by atoms with Crippen LogP contribution in [0.1, 0.15) is 0 Å². The first-order valence-corrected chi connectivity index (χ1v) is 6.39. The minimum absolute atomic E-state index is 0.631. The van der Waals surface area contributed by atoms with E-state index in [1.54, 1.807) is 15.7 Å². The largest absolute Gasteiger partial charge is 0.384 e. The second-order valence-electron chi connectivity index (χ2n) is 4.08. The number of anilines is 1. The van der Waals surface area contributed by atoms with E-state index in [2.05, 4.69) is 31.1 Å². The summed E-state index contributed by atoms with van der Waals surface area (Å²) in [5, 5.41) is 8.45. The minimum atomic E-state index is 0.631. The highest BCUT2D eigenvalue weighted by Crippen LogP contribution is 2.27. The van der Waals surface area contributed by atoms with Crippen molar-refractivity contribution in [2.24, 2.45) is 7.05 Å². The van der Waals surface area contributed by atoms with E-state index >= 15 is 0 Å². The average Bonchev–Trinajstić information content (AvgIpc) is 3.00. The summed E-state index contributed by atoms with van der Waals surface area (Å²) in [6, 6.07) is 7.76. The van der Waals surface area contributed by atoms with Gasteiger partial charge in [0, 0.05) is 23.2 Å². The lowest BCUT2D eigenvalue weighted by Crippen LogP contribution is -1.97. The van der Waals surface area contributed by atoms with E-state index in [1.165, 1.54) is 6.33 Å². The van der Waals surface area contributed by atoms with Crippen LogP contribution in [0, 0.1) is 0 Å². The van der Waals surface area contributed by atoms with Gasteiger partial charge in [-0.2, -0.15) is 10.2 Å². The van der Waals surface area contributed by atoms with Gasteiger partial charge in [0.2, 0.25) is 0 Å². The fourth-order valence-electron chi connectivity index (χ4n) is 1.81. The maximum atomic E-state index is 5.79. The molecule has 0 saturated heterocycles. The van der Waals surface area contributed by atoms with E-state index in [-0.39, 0.29) is 0 Å². The molecule has 2 N–H and O–H groups in total. The number of nitrogens with zero attached hydrogens (tertiary/aromatic N) is 5. The summed E-state index contributed by atoms with van der Waals surface area (Å²) in [6.07, 6.45) is 3.15. The molecule has 0 aliphatic rings. The molecule has 0 saturated carbocycles. The molecule has 0 atom stereocenters. The summed E-state index contributed by atoms with van der Waals surface area (Å²) < 4.78 is 4.26. The first kappa shape index (κ1) is 11.9. The van der Waals surface area contributed by atoms with Crippen molar-refractivity contribution in [1.82, 2.24) is 24.5 Å². The van der Waals surface area contributed by atoms with Crippen LogP contribution in [0.25, 0.3) is 16.9 Å². The molecule has 7 heteroatoms. The van der Waals surface area contributed by atoms with Gasteiger partial charge in [0.05, 0.1) is 11.4 Å². The molecule has 0 fully saturated rings. The first-order chi connectivity index (χ1) is 9.15. The monoisotopic (exact) mass is 318 g/mol. The van der Waals surface area contributed by atoms with E-state index in [1.807, 2.05) is 31.3 Å². The van der Waals surface area contributed by atoms with Gasteiger partial charge < -0.3 is 5.73 Å². The molecule has 3 rings (SSSR count).